The number of nitro groups is 1. The fourth-order valence-electron chi connectivity index (χ4n) is 4.09. The first kappa shape index (κ1) is 17.3. The normalized spacial score (nSPS) is 26.0. The smallest absolute Gasteiger partial charge is 0.269 e. The largest absolute Gasteiger partial charge is 0.368 e. The van der Waals surface area contributed by atoms with E-state index >= 15 is 0 Å². The van der Waals surface area contributed by atoms with Crippen LogP contribution >= 0.6 is 0 Å². The van der Waals surface area contributed by atoms with E-state index in [0.717, 1.165) is 32.1 Å². The van der Waals surface area contributed by atoms with Gasteiger partial charge in [-0.2, -0.15) is 0 Å². The first-order valence-electron chi connectivity index (χ1n) is 8.55. The Morgan fingerprint density at radius 2 is 1.92 bits per heavy atom. The molecule has 2 fully saturated rings. The standard InChI is InChI=1S/C17H22N4O4/c18-17(23)15-9-11-3-1-2-4-14(11)20(15)10-16(22)19-12-5-7-13(8-6-12)21(24)25/h5-8,11,14-15H,1-4,9-10H2,(H2,18,23)(H,19,22). The summed E-state index contributed by atoms with van der Waals surface area (Å²) in [5, 5.41) is 13.4. The SMILES string of the molecule is NC(=O)C1CC2CCCCC2N1CC(=O)Nc1ccc([N+](=O)[O-])cc1. The van der Waals surface area contributed by atoms with Crippen LogP contribution in [0, 0.1) is 16.0 Å². The number of primary amides is 1. The minimum Gasteiger partial charge on any atom is -0.368 e. The number of hydrogen-bond donors (Lipinski definition) is 2. The number of carbonyl (C=O) groups is 2. The number of likely N-dealkylation sites (tertiary alicyclic amines) is 1. The minimum absolute atomic E-state index is 0.0311. The summed E-state index contributed by atoms with van der Waals surface area (Å²) in [5.41, 5.74) is 6.00. The van der Waals surface area contributed by atoms with Gasteiger partial charge in [-0.05, 0) is 37.3 Å². The molecule has 3 rings (SSSR count). The molecule has 2 aliphatic rings. The number of non-ortho nitro benzene ring substituents is 1. The fraction of sp³-hybridized carbons (Fsp3) is 0.529. The van der Waals surface area contributed by atoms with Crippen LogP contribution in [0.1, 0.15) is 32.1 Å². The van der Waals surface area contributed by atoms with E-state index < -0.39 is 11.0 Å². The maximum Gasteiger partial charge on any atom is 0.269 e. The molecular formula is C17H22N4O4. The monoisotopic (exact) mass is 346 g/mol. The molecule has 1 aromatic carbocycles. The number of nitrogens with two attached hydrogens (primary N) is 1. The van der Waals surface area contributed by atoms with Crippen molar-refractivity contribution in [3.05, 3.63) is 34.4 Å². The highest BCUT2D eigenvalue weighted by Gasteiger charge is 2.44. The molecule has 8 nitrogen and oxygen atoms in total. The summed E-state index contributed by atoms with van der Waals surface area (Å²) in [4.78, 5) is 36.3. The van der Waals surface area contributed by atoms with Crippen LogP contribution in [-0.4, -0.2) is 40.3 Å². The van der Waals surface area contributed by atoms with Gasteiger partial charge in [-0.15, -0.1) is 0 Å². The highest BCUT2D eigenvalue weighted by atomic mass is 16.6. The van der Waals surface area contributed by atoms with Crippen LogP contribution in [0.4, 0.5) is 11.4 Å². The summed E-state index contributed by atoms with van der Waals surface area (Å²) < 4.78 is 0. The predicted molar refractivity (Wildman–Crippen MR) is 91.8 cm³/mol. The van der Waals surface area contributed by atoms with E-state index in [4.69, 9.17) is 5.73 Å². The Labute approximate surface area is 145 Å². The lowest BCUT2D eigenvalue weighted by Crippen LogP contribution is -2.48. The van der Waals surface area contributed by atoms with Gasteiger partial charge in [0.25, 0.3) is 5.69 Å². The van der Waals surface area contributed by atoms with Crippen LogP contribution in [-0.2, 0) is 9.59 Å². The lowest BCUT2D eigenvalue weighted by molar-refractivity contribution is -0.384. The first-order valence-corrected chi connectivity index (χ1v) is 8.55. The van der Waals surface area contributed by atoms with Gasteiger partial charge in [0.1, 0.15) is 0 Å². The Kier molecular flexibility index (Phi) is 4.98. The maximum absolute atomic E-state index is 12.4. The van der Waals surface area contributed by atoms with Crippen LogP contribution in [0.3, 0.4) is 0 Å². The first-order chi connectivity index (χ1) is 12.0. The second-order valence-corrected chi connectivity index (χ2v) is 6.79. The van der Waals surface area contributed by atoms with E-state index in [2.05, 4.69) is 5.32 Å². The summed E-state index contributed by atoms with van der Waals surface area (Å²) in [6.45, 7) is 0.103. The lowest BCUT2D eigenvalue weighted by atomic mass is 9.84. The minimum atomic E-state index is -0.490. The van der Waals surface area contributed by atoms with E-state index in [1.165, 1.54) is 24.3 Å². The van der Waals surface area contributed by atoms with Gasteiger partial charge < -0.3 is 11.1 Å². The molecule has 0 radical (unpaired) electrons. The quantitative estimate of drug-likeness (QED) is 0.621. The van der Waals surface area contributed by atoms with Crippen molar-refractivity contribution in [3.63, 3.8) is 0 Å². The molecule has 0 bridgehead atoms. The van der Waals surface area contributed by atoms with Crippen molar-refractivity contribution in [2.45, 2.75) is 44.2 Å². The second-order valence-electron chi connectivity index (χ2n) is 6.79. The predicted octanol–water partition coefficient (Wildman–Crippen LogP) is 1.65. The number of nitrogens with one attached hydrogen (secondary N) is 1. The molecule has 0 spiro atoms. The Morgan fingerprint density at radius 1 is 1.24 bits per heavy atom. The van der Waals surface area contributed by atoms with Crippen LogP contribution in [0.15, 0.2) is 24.3 Å². The number of anilines is 1. The fourth-order valence-corrected chi connectivity index (χ4v) is 4.09. The maximum atomic E-state index is 12.4. The molecule has 8 heteroatoms. The van der Waals surface area contributed by atoms with Crippen LogP contribution in [0.5, 0.6) is 0 Å². The van der Waals surface area contributed by atoms with Crippen molar-refractivity contribution in [3.8, 4) is 0 Å². The van der Waals surface area contributed by atoms with E-state index in [9.17, 15) is 19.7 Å². The topological polar surface area (TPSA) is 119 Å². The third-order valence-corrected chi connectivity index (χ3v) is 5.24. The number of benzene rings is 1. The summed E-state index contributed by atoms with van der Waals surface area (Å²) in [6.07, 6.45) is 5.06. The second kappa shape index (κ2) is 7.18. The van der Waals surface area contributed by atoms with E-state index in [-0.39, 0.29) is 30.1 Å². The van der Waals surface area contributed by atoms with Crippen molar-refractivity contribution in [1.29, 1.82) is 0 Å². The third-order valence-electron chi connectivity index (χ3n) is 5.24. The highest BCUT2D eigenvalue weighted by Crippen LogP contribution is 2.39. The molecule has 25 heavy (non-hydrogen) atoms. The molecule has 1 aliphatic carbocycles. The number of hydrogen-bond acceptors (Lipinski definition) is 5. The van der Waals surface area contributed by atoms with Crippen LogP contribution in [0.25, 0.3) is 0 Å². The number of amides is 2. The zero-order chi connectivity index (χ0) is 18.0. The Balaban J connectivity index is 1.65. The van der Waals surface area contributed by atoms with Crippen LogP contribution < -0.4 is 11.1 Å². The van der Waals surface area contributed by atoms with Crippen LogP contribution in [0.2, 0.25) is 0 Å². The van der Waals surface area contributed by atoms with Gasteiger partial charge in [0.05, 0.1) is 17.5 Å². The number of nitro benzene ring substituents is 1. The van der Waals surface area contributed by atoms with Gasteiger partial charge in [0.2, 0.25) is 11.8 Å². The third kappa shape index (κ3) is 3.79. The van der Waals surface area contributed by atoms with Gasteiger partial charge >= 0.3 is 0 Å². The molecule has 1 heterocycles. The van der Waals surface area contributed by atoms with E-state index in [1.54, 1.807) is 0 Å². The van der Waals surface area contributed by atoms with Gasteiger partial charge in [-0.1, -0.05) is 12.8 Å². The zero-order valence-electron chi connectivity index (χ0n) is 13.9. The lowest BCUT2D eigenvalue weighted by Gasteiger charge is -2.32. The van der Waals surface area contributed by atoms with Crippen molar-refractivity contribution in [1.82, 2.24) is 4.90 Å². The summed E-state index contributed by atoms with van der Waals surface area (Å²) in [7, 11) is 0. The van der Waals surface area contributed by atoms with Crippen molar-refractivity contribution in [2.75, 3.05) is 11.9 Å². The number of nitrogens with zero attached hydrogens (tertiary/aromatic N) is 2. The molecule has 3 N–H and O–H groups in total. The molecule has 134 valence electrons. The number of rotatable bonds is 5. The Hall–Kier alpha value is -2.48. The van der Waals surface area contributed by atoms with Crippen molar-refractivity contribution >= 4 is 23.2 Å². The number of carbonyl (C=O) groups excluding carboxylic acids is 2. The van der Waals surface area contributed by atoms with E-state index in [0.29, 0.717) is 11.6 Å². The van der Waals surface area contributed by atoms with Gasteiger partial charge in [-0.3, -0.25) is 24.6 Å². The number of fused-ring (bicyclic) bond motifs is 1. The zero-order valence-corrected chi connectivity index (χ0v) is 13.9. The molecule has 1 saturated carbocycles. The van der Waals surface area contributed by atoms with E-state index in [1.807, 2.05) is 4.90 Å². The molecular weight excluding hydrogens is 324 g/mol. The summed E-state index contributed by atoms with van der Waals surface area (Å²) in [5.74, 6) is -0.192. The Bertz CT molecular complexity index is 676. The molecule has 1 aliphatic heterocycles. The molecule has 0 aromatic heterocycles. The van der Waals surface area contributed by atoms with Gasteiger partial charge in [-0.25, -0.2) is 0 Å². The van der Waals surface area contributed by atoms with Gasteiger partial charge in [0, 0.05) is 23.9 Å². The average molecular weight is 346 g/mol. The molecule has 3 atom stereocenters. The molecule has 3 unspecified atom stereocenters. The highest BCUT2D eigenvalue weighted by molar-refractivity contribution is 5.93. The summed E-state index contributed by atoms with van der Waals surface area (Å²) >= 11 is 0. The van der Waals surface area contributed by atoms with Crippen molar-refractivity contribution in [2.24, 2.45) is 11.7 Å². The summed E-state index contributed by atoms with van der Waals surface area (Å²) in [6, 6.07) is 5.51. The van der Waals surface area contributed by atoms with Gasteiger partial charge in [0.15, 0.2) is 0 Å². The Morgan fingerprint density at radius 3 is 2.56 bits per heavy atom. The molecule has 2 amide bonds. The average Bonchev–Trinajstić information content (AvgIpc) is 2.94. The molecule has 1 aromatic rings. The molecule has 1 saturated heterocycles. The van der Waals surface area contributed by atoms with Crippen molar-refractivity contribution < 1.29 is 14.5 Å².